The predicted molar refractivity (Wildman–Crippen MR) is 57.0 cm³/mol. The van der Waals surface area contributed by atoms with Gasteiger partial charge in [0.25, 0.3) is 0 Å². The summed E-state index contributed by atoms with van der Waals surface area (Å²) in [5, 5.41) is 10.3. The first kappa shape index (κ1) is 8.53. The minimum Gasteiger partial charge on any atom is -0.481 e. The monoisotopic (exact) mass is 201 g/mol. The number of aromatic nitrogens is 1. The average molecular weight is 201 g/mol. The zero-order valence-corrected chi connectivity index (χ0v) is 8.16. The van der Waals surface area contributed by atoms with Gasteiger partial charge in [-0.3, -0.25) is 4.79 Å². The Kier molecular flexibility index (Phi) is 1.63. The number of carboxylic acids is 1. The van der Waals surface area contributed by atoms with E-state index in [9.17, 15) is 4.79 Å². The fourth-order valence-electron chi connectivity index (χ4n) is 2.49. The molecule has 0 saturated heterocycles. The van der Waals surface area contributed by atoms with Crippen molar-refractivity contribution in [1.82, 2.24) is 4.98 Å². The van der Waals surface area contributed by atoms with E-state index in [4.69, 9.17) is 5.11 Å². The molecule has 1 aromatic heterocycles. The molecule has 1 atom stereocenters. The molecule has 76 valence electrons. The second-order valence-electron chi connectivity index (χ2n) is 4.01. The van der Waals surface area contributed by atoms with Crippen molar-refractivity contribution in [2.45, 2.75) is 18.8 Å². The van der Waals surface area contributed by atoms with Gasteiger partial charge in [-0.15, -0.1) is 0 Å². The highest BCUT2D eigenvalue weighted by molar-refractivity contribution is 5.92. The lowest BCUT2D eigenvalue weighted by Gasteiger charge is -2.19. The van der Waals surface area contributed by atoms with Gasteiger partial charge in [-0.1, -0.05) is 12.1 Å². The number of aromatic amines is 1. The number of aryl methyl sites for hydroxylation is 1. The first-order chi connectivity index (χ1) is 7.27. The van der Waals surface area contributed by atoms with E-state index < -0.39 is 5.97 Å². The topological polar surface area (TPSA) is 53.1 Å². The number of nitrogens with one attached hydrogen (secondary N) is 1. The van der Waals surface area contributed by atoms with Gasteiger partial charge in [0.2, 0.25) is 0 Å². The van der Waals surface area contributed by atoms with E-state index in [0.717, 1.165) is 22.9 Å². The number of hydrogen-bond acceptors (Lipinski definition) is 1. The lowest BCUT2D eigenvalue weighted by atomic mass is 9.84. The molecule has 0 radical (unpaired) electrons. The zero-order valence-electron chi connectivity index (χ0n) is 8.16. The molecule has 3 heteroatoms. The number of hydrogen-bond donors (Lipinski definition) is 2. The molecule has 0 bridgehead atoms. The van der Waals surface area contributed by atoms with Crippen molar-refractivity contribution < 1.29 is 9.90 Å². The Labute approximate surface area is 86.7 Å². The maximum atomic E-state index is 11.1. The van der Waals surface area contributed by atoms with Crippen molar-refractivity contribution in [3.8, 4) is 0 Å². The SMILES string of the molecule is O=C(O)C1CCc2c[nH]c3cccc1c23. The fraction of sp³-hybridized carbons (Fsp3) is 0.250. The van der Waals surface area contributed by atoms with Crippen molar-refractivity contribution in [3.05, 3.63) is 35.5 Å². The maximum Gasteiger partial charge on any atom is 0.311 e. The van der Waals surface area contributed by atoms with Crippen LogP contribution in [0.15, 0.2) is 24.4 Å². The van der Waals surface area contributed by atoms with Gasteiger partial charge >= 0.3 is 5.97 Å². The summed E-state index contributed by atoms with van der Waals surface area (Å²) in [4.78, 5) is 14.3. The van der Waals surface area contributed by atoms with Crippen molar-refractivity contribution >= 4 is 16.9 Å². The molecular weight excluding hydrogens is 190 g/mol. The van der Waals surface area contributed by atoms with Crippen LogP contribution in [0.2, 0.25) is 0 Å². The van der Waals surface area contributed by atoms with Crippen LogP contribution in [0.3, 0.4) is 0 Å². The summed E-state index contributed by atoms with van der Waals surface area (Å²) in [5.74, 6) is -1.05. The van der Waals surface area contributed by atoms with Crippen LogP contribution >= 0.6 is 0 Å². The third-order valence-electron chi connectivity index (χ3n) is 3.20. The van der Waals surface area contributed by atoms with Gasteiger partial charge < -0.3 is 10.1 Å². The highest BCUT2D eigenvalue weighted by Crippen LogP contribution is 2.36. The Hall–Kier alpha value is -1.77. The molecule has 0 aliphatic heterocycles. The van der Waals surface area contributed by atoms with Crippen LogP contribution in [0.25, 0.3) is 10.9 Å². The average Bonchev–Trinajstić information content (AvgIpc) is 2.64. The van der Waals surface area contributed by atoms with Crippen molar-refractivity contribution in [2.75, 3.05) is 0 Å². The zero-order chi connectivity index (χ0) is 10.4. The minimum atomic E-state index is -0.714. The smallest absolute Gasteiger partial charge is 0.311 e. The summed E-state index contributed by atoms with van der Waals surface area (Å²) < 4.78 is 0. The molecule has 3 rings (SSSR count). The van der Waals surface area contributed by atoms with Crippen LogP contribution in [0.4, 0.5) is 0 Å². The van der Waals surface area contributed by atoms with Crippen LogP contribution in [-0.2, 0) is 11.2 Å². The summed E-state index contributed by atoms with van der Waals surface area (Å²) in [6, 6.07) is 5.84. The van der Waals surface area contributed by atoms with Crippen molar-refractivity contribution in [2.24, 2.45) is 0 Å². The largest absolute Gasteiger partial charge is 0.481 e. The van der Waals surface area contributed by atoms with Crippen LogP contribution in [0, 0.1) is 0 Å². The Morgan fingerprint density at radius 3 is 3.13 bits per heavy atom. The number of H-pyrrole nitrogens is 1. The van der Waals surface area contributed by atoms with Gasteiger partial charge in [-0.2, -0.15) is 0 Å². The summed E-state index contributed by atoms with van der Waals surface area (Å²) in [6.07, 6.45) is 3.56. The molecule has 1 aromatic carbocycles. The summed E-state index contributed by atoms with van der Waals surface area (Å²) >= 11 is 0. The molecule has 15 heavy (non-hydrogen) atoms. The molecule has 1 unspecified atom stereocenters. The molecule has 0 spiro atoms. The van der Waals surface area contributed by atoms with Gasteiger partial charge in [0.05, 0.1) is 5.92 Å². The predicted octanol–water partition coefficient (Wildman–Crippen LogP) is 2.28. The highest BCUT2D eigenvalue weighted by Gasteiger charge is 2.27. The first-order valence-corrected chi connectivity index (χ1v) is 5.09. The number of aliphatic carboxylic acids is 1. The van der Waals surface area contributed by atoms with Crippen molar-refractivity contribution in [3.63, 3.8) is 0 Å². The highest BCUT2D eigenvalue weighted by atomic mass is 16.4. The maximum absolute atomic E-state index is 11.1. The quantitative estimate of drug-likeness (QED) is 0.743. The van der Waals surface area contributed by atoms with E-state index in [1.807, 2.05) is 24.4 Å². The normalized spacial score (nSPS) is 19.3. The number of carbonyl (C=O) groups is 1. The van der Waals surface area contributed by atoms with Gasteiger partial charge in [0.15, 0.2) is 0 Å². The summed E-state index contributed by atoms with van der Waals surface area (Å²) in [6.45, 7) is 0. The van der Waals surface area contributed by atoms with Crippen LogP contribution in [0.1, 0.15) is 23.5 Å². The van der Waals surface area contributed by atoms with Gasteiger partial charge in [0, 0.05) is 17.1 Å². The number of carboxylic acid groups (broad SMARTS) is 1. The van der Waals surface area contributed by atoms with E-state index in [1.54, 1.807) is 0 Å². The van der Waals surface area contributed by atoms with E-state index in [1.165, 1.54) is 5.56 Å². The molecule has 0 amide bonds. The molecule has 2 N–H and O–H groups in total. The van der Waals surface area contributed by atoms with Crippen LogP contribution in [0.5, 0.6) is 0 Å². The second kappa shape index (κ2) is 2.86. The van der Waals surface area contributed by atoms with E-state index in [-0.39, 0.29) is 5.92 Å². The first-order valence-electron chi connectivity index (χ1n) is 5.09. The van der Waals surface area contributed by atoms with Gasteiger partial charge in [-0.05, 0) is 30.0 Å². The van der Waals surface area contributed by atoms with Crippen LogP contribution in [-0.4, -0.2) is 16.1 Å². The molecular formula is C12H11NO2. The Bertz CT molecular complexity index is 542. The van der Waals surface area contributed by atoms with E-state index in [0.29, 0.717) is 6.42 Å². The van der Waals surface area contributed by atoms with Gasteiger partial charge in [0.1, 0.15) is 0 Å². The molecule has 1 aliphatic carbocycles. The number of rotatable bonds is 1. The van der Waals surface area contributed by atoms with Crippen LogP contribution < -0.4 is 0 Å². The molecule has 1 heterocycles. The summed E-state index contributed by atoms with van der Waals surface area (Å²) in [5.41, 5.74) is 3.26. The van der Waals surface area contributed by atoms with Crippen molar-refractivity contribution in [1.29, 1.82) is 0 Å². The Morgan fingerprint density at radius 1 is 1.47 bits per heavy atom. The summed E-state index contributed by atoms with van der Waals surface area (Å²) in [7, 11) is 0. The standard InChI is InChI=1S/C12H11NO2/c14-12(15)9-5-4-7-6-13-10-3-1-2-8(9)11(7)10/h1-3,6,9,13H,4-5H2,(H,14,15). The Balaban J connectivity index is 2.33. The second-order valence-corrected chi connectivity index (χ2v) is 4.01. The van der Waals surface area contributed by atoms with Gasteiger partial charge in [-0.25, -0.2) is 0 Å². The third-order valence-corrected chi connectivity index (χ3v) is 3.20. The number of benzene rings is 1. The fourth-order valence-corrected chi connectivity index (χ4v) is 2.49. The lowest BCUT2D eigenvalue weighted by Crippen LogP contribution is -2.16. The molecule has 3 nitrogen and oxygen atoms in total. The molecule has 1 aliphatic rings. The Morgan fingerprint density at radius 2 is 2.33 bits per heavy atom. The molecule has 0 saturated carbocycles. The lowest BCUT2D eigenvalue weighted by molar-refractivity contribution is -0.139. The minimum absolute atomic E-state index is 0.336. The molecule has 2 aromatic rings. The van der Waals surface area contributed by atoms with E-state index in [2.05, 4.69) is 4.98 Å². The third kappa shape index (κ3) is 1.09. The molecule has 0 fully saturated rings. The van der Waals surface area contributed by atoms with E-state index >= 15 is 0 Å².